The first-order valence-electron chi connectivity index (χ1n) is 15.4. The third kappa shape index (κ3) is 5.86. The number of aliphatic hydroxyl groups is 3. The van der Waals surface area contributed by atoms with Crippen LogP contribution in [0.15, 0.2) is 0 Å². The third-order valence-electron chi connectivity index (χ3n) is 11.9. The number of nitrogens with one attached hydrogen (secondary N) is 2. The van der Waals surface area contributed by atoms with Crippen molar-refractivity contribution in [2.24, 2.45) is 52.1 Å². The highest BCUT2D eigenvalue weighted by molar-refractivity contribution is 5.83. The molecule has 40 heavy (non-hydrogen) atoms. The predicted molar refractivity (Wildman–Crippen MR) is 149 cm³/mol. The second-order valence-corrected chi connectivity index (χ2v) is 13.9. The number of hydrogen-bond acceptors (Lipinski definition) is 6. The Labute approximate surface area is 237 Å². The number of hydrogen-bond donors (Lipinski definition) is 7. The Kier molecular flexibility index (Phi) is 9.42. The lowest BCUT2D eigenvalue weighted by atomic mass is 9.43. The predicted octanol–water partition coefficient (Wildman–Crippen LogP) is 2.38. The maximum absolute atomic E-state index is 12.7. The molecule has 0 bridgehead atoms. The third-order valence-corrected chi connectivity index (χ3v) is 11.9. The number of carboxylic acids is 1. The van der Waals surface area contributed by atoms with Crippen molar-refractivity contribution in [2.45, 2.75) is 116 Å². The molecule has 0 aromatic rings. The number of nitrogens with two attached hydrogens (primary N) is 1. The van der Waals surface area contributed by atoms with Gasteiger partial charge in [-0.05, 0) is 111 Å². The number of rotatable bonds is 10. The molecule has 0 aliphatic heterocycles. The van der Waals surface area contributed by atoms with Crippen LogP contribution in [0, 0.1) is 46.3 Å². The Hall–Kier alpha value is -1.91. The minimum absolute atomic E-state index is 0.0200. The minimum Gasteiger partial charge on any atom is -0.480 e. The van der Waals surface area contributed by atoms with E-state index in [1.54, 1.807) is 0 Å². The van der Waals surface area contributed by atoms with Crippen LogP contribution >= 0.6 is 0 Å². The topological polar surface area (TPSA) is 182 Å². The van der Waals surface area contributed by atoms with Gasteiger partial charge in [-0.25, -0.2) is 9.59 Å². The lowest BCUT2D eigenvalue weighted by molar-refractivity contribution is -0.223. The molecular formula is C30H51N3O7. The molecule has 4 rings (SSSR count). The maximum Gasteiger partial charge on any atom is 0.326 e. The number of aliphatic carboxylic acids is 1. The van der Waals surface area contributed by atoms with Crippen molar-refractivity contribution in [3.8, 4) is 0 Å². The van der Waals surface area contributed by atoms with Gasteiger partial charge in [0.2, 0.25) is 5.91 Å². The van der Waals surface area contributed by atoms with Gasteiger partial charge in [0.25, 0.3) is 0 Å². The van der Waals surface area contributed by atoms with Crippen LogP contribution in [0.25, 0.3) is 0 Å². The summed E-state index contributed by atoms with van der Waals surface area (Å²) in [6.07, 6.45) is 5.84. The van der Waals surface area contributed by atoms with Crippen molar-refractivity contribution in [2.75, 3.05) is 6.54 Å². The van der Waals surface area contributed by atoms with Crippen LogP contribution in [0.5, 0.6) is 0 Å². The Morgan fingerprint density at radius 1 is 0.925 bits per heavy atom. The molecule has 10 nitrogen and oxygen atoms in total. The summed E-state index contributed by atoms with van der Waals surface area (Å²) in [5, 5.41) is 47.6. The summed E-state index contributed by atoms with van der Waals surface area (Å²) in [4.78, 5) is 35.1. The van der Waals surface area contributed by atoms with E-state index in [1.807, 2.05) is 0 Å². The van der Waals surface area contributed by atoms with Gasteiger partial charge >= 0.3 is 12.0 Å². The number of primary amides is 1. The SMILES string of the molecule is C[C@H](CCC(=O)N[C@@H](CCCNC(N)=O)C(=O)O)[C@H]1CC[C@H]2[C@@H]3[C@H](O)[C@H](O)[C@@H]4C[C@H](O)CC[C@]4(C)[C@H]3CC[C@]12C. The zero-order valence-corrected chi connectivity index (χ0v) is 24.3. The highest BCUT2D eigenvalue weighted by Crippen LogP contribution is 2.68. The van der Waals surface area contributed by atoms with Crippen LogP contribution in [0.3, 0.4) is 0 Å². The van der Waals surface area contributed by atoms with Crippen LogP contribution in [0.4, 0.5) is 4.79 Å². The molecule has 0 saturated heterocycles. The molecule has 228 valence electrons. The second kappa shape index (κ2) is 12.1. The standard InChI is InChI=1S/C30H51N3O7/c1-16(6-9-23(35)33-22(27(38)39)5-4-14-32-28(31)40)18-7-8-19-24-20(11-13-29(18,19)2)30(3)12-10-17(34)15-21(30)25(36)26(24)37/h16-22,24-26,34,36-37H,4-15H2,1-3H3,(H,33,35)(H,38,39)(H3,31,32,40)/t16-,17-,18-,19+,20+,21+,22+,24+,25-,26+,29-,30-/m1/s1. The molecule has 8 N–H and O–H groups in total. The number of carbonyl (C=O) groups excluding carboxylic acids is 2. The average Bonchev–Trinajstić information content (AvgIpc) is 3.25. The van der Waals surface area contributed by atoms with Gasteiger partial charge < -0.3 is 36.8 Å². The Morgan fingerprint density at radius 3 is 2.27 bits per heavy atom. The summed E-state index contributed by atoms with van der Waals surface area (Å²) in [7, 11) is 0. The lowest BCUT2D eigenvalue weighted by Gasteiger charge is -2.63. The highest BCUT2D eigenvalue weighted by atomic mass is 16.4. The molecule has 12 atom stereocenters. The van der Waals surface area contributed by atoms with E-state index < -0.39 is 36.4 Å². The first-order valence-corrected chi connectivity index (χ1v) is 15.4. The van der Waals surface area contributed by atoms with Gasteiger partial charge in [0.05, 0.1) is 18.3 Å². The van der Waals surface area contributed by atoms with Crippen molar-refractivity contribution in [1.82, 2.24) is 10.6 Å². The van der Waals surface area contributed by atoms with Gasteiger partial charge in [0.1, 0.15) is 6.04 Å². The van der Waals surface area contributed by atoms with Gasteiger partial charge in [0.15, 0.2) is 0 Å². The molecular weight excluding hydrogens is 514 g/mol. The fourth-order valence-corrected chi connectivity index (χ4v) is 9.82. The summed E-state index contributed by atoms with van der Waals surface area (Å²) in [6, 6.07) is -1.67. The quantitative estimate of drug-likeness (QED) is 0.198. The van der Waals surface area contributed by atoms with E-state index in [1.165, 1.54) is 0 Å². The van der Waals surface area contributed by atoms with Gasteiger partial charge in [0, 0.05) is 13.0 Å². The molecule has 3 amide bonds. The largest absolute Gasteiger partial charge is 0.480 e. The zero-order valence-electron chi connectivity index (χ0n) is 24.3. The number of amides is 3. The normalized spacial score (nSPS) is 42.0. The summed E-state index contributed by atoms with van der Waals surface area (Å²) < 4.78 is 0. The molecule has 4 aliphatic rings. The highest BCUT2D eigenvalue weighted by Gasteiger charge is 2.65. The Morgan fingerprint density at radius 2 is 1.60 bits per heavy atom. The van der Waals surface area contributed by atoms with E-state index in [0.29, 0.717) is 37.0 Å². The first kappa shape index (κ1) is 31.0. The molecule has 10 heteroatoms. The Bertz CT molecular complexity index is 948. The maximum atomic E-state index is 12.7. The molecule has 0 aromatic heterocycles. The average molecular weight is 566 g/mol. The van der Waals surface area contributed by atoms with Crippen molar-refractivity contribution in [3.05, 3.63) is 0 Å². The number of urea groups is 1. The van der Waals surface area contributed by atoms with E-state index in [0.717, 1.165) is 38.5 Å². The fraction of sp³-hybridized carbons (Fsp3) is 0.900. The smallest absolute Gasteiger partial charge is 0.326 e. The van der Waals surface area contributed by atoms with Crippen molar-refractivity contribution >= 4 is 17.9 Å². The molecule has 0 radical (unpaired) electrons. The zero-order chi connectivity index (χ0) is 29.4. The number of fused-ring (bicyclic) bond motifs is 5. The van der Waals surface area contributed by atoms with E-state index in [-0.39, 0.29) is 53.9 Å². The van der Waals surface area contributed by atoms with E-state index in [9.17, 15) is 34.8 Å². The van der Waals surface area contributed by atoms with Crippen LogP contribution in [0.2, 0.25) is 0 Å². The molecule has 4 aliphatic carbocycles. The fourth-order valence-electron chi connectivity index (χ4n) is 9.82. The van der Waals surface area contributed by atoms with Gasteiger partial charge in [-0.15, -0.1) is 0 Å². The Balaban J connectivity index is 1.36. The van der Waals surface area contributed by atoms with E-state index in [4.69, 9.17) is 5.73 Å². The minimum atomic E-state index is -1.10. The van der Waals surface area contributed by atoms with E-state index >= 15 is 0 Å². The number of carboxylic acid groups (broad SMARTS) is 1. The van der Waals surface area contributed by atoms with Gasteiger partial charge in [-0.1, -0.05) is 20.8 Å². The molecule has 0 aromatic carbocycles. The van der Waals surface area contributed by atoms with Crippen LogP contribution < -0.4 is 16.4 Å². The second-order valence-electron chi connectivity index (χ2n) is 13.9. The van der Waals surface area contributed by atoms with E-state index in [2.05, 4.69) is 31.4 Å². The molecule has 4 fully saturated rings. The lowest BCUT2D eigenvalue weighted by Crippen LogP contribution is -2.64. The van der Waals surface area contributed by atoms with Gasteiger partial charge in [-0.3, -0.25) is 4.79 Å². The summed E-state index contributed by atoms with van der Waals surface area (Å²) in [5.74, 6) is -0.0929. The van der Waals surface area contributed by atoms with Crippen LogP contribution in [-0.2, 0) is 9.59 Å². The summed E-state index contributed by atoms with van der Waals surface area (Å²) in [6.45, 7) is 7.07. The van der Waals surface area contributed by atoms with Crippen molar-refractivity contribution in [1.29, 1.82) is 0 Å². The summed E-state index contributed by atoms with van der Waals surface area (Å²) in [5.41, 5.74) is 4.99. The van der Waals surface area contributed by atoms with Crippen molar-refractivity contribution < 1.29 is 34.8 Å². The van der Waals surface area contributed by atoms with Crippen LogP contribution in [0.1, 0.15) is 91.4 Å². The van der Waals surface area contributed by atoms with Crippen molar-refractivity contribution in [3.63, 3.8) is 0 Å². The molecule has 0 unspecified atom stereocenters. The number of aliphatic hydroxyl groups excluding tert-OH is 3. The molecule has 0 heterocycles. The first-order chi connectivity index (χ1) is 18.8. The number of carbonyl (C=O) groups is 3. The van der Waals surface area contributed by atoms with Crippen LogP contribution in [-0.4, -0.2) is 69.2 Å². The van der Waals surface area contributed by atoms with Gasteiger partial charge in [-0.2, -0.15) is 0 Å². The molecule has 4 saturated carbocycles. The summed E-state index contributed by atoms with van der Waals surface area (Å²) >= 11 is 0. The monoisotopic (exact) mass is 565 g/mol. The molecule has 0 spiro atoms.